The molecule has 4 rings (SSSR count). The quantitative estimate of drug-likeness (QED) is 0.506. The van der Waals surface area contributed by atoms with E-state index in [2.05, 4.69) is 15.7 Å². The van der Waals surface area contributed by atoms with Crippen molar-refractivity contribution in [2.45, 2.75) is 29.4 Å². The number of anilines is 1. The van der Waals surface area contributed by atoms with Gasteiger partial charge in [0.15, 0.2) is 0 Å². The molecule has 1 aliphatic heterocycles. The fourth-order valence-corrected chi connectivity index (χ4v) is 5.14. The van der Waals surface area contributed by atoms with Crippen LogP contribution < -0.4 is 10.6 Å². The molecule has 1 aromatic heterocycles. The van der Waals surface area contributed by atoms with Gasteiger partial charge < -0.3 is 10.6 Å². The fourth-order valence-electron chi connectivity index (χ4n) is 3.51. The molecule has 0 radical (unpaired) electrons. The lowest BCUT2D eigenvalue weighted by molar-refractivity contribution is -0.121. The van der Waals surface area contributed by atoms with Crippen LogP contribution in [0, 0.1) is 0 Å². The van der Waals surface area contributed by atoms with Gasteiger partial charge in [0.05, 0.1) is 11.3 Å². The van der Waals surface area contributed by atoms with E-state index in [0.29, 0.717) is 17.9 Å². The molecule has 1 aliphatic rings. The van der Waals surface area contributed by atoms with Gasteiger partial charge in [-0.1, -0.05) is 42.5 Å². The summed E-state index contributed by atoms with van der Waals surface area (Å²) in [6, 6.07) is 17.6. The van der Waals surface area contributed by atoms with Crippen molar-refractivity contribution in [2.75, 3.05) is 18.1 Å². The van der Waals surface area contributed by atoms with E-state index < -0.39 is 0 Å². The Kier molecular flexibility index (Phi) is 6.99. The van der Waals surface area contributed by atoms with Crippen LogP contribution in [0.15, 0.2) is 59.5 Å². The number of carbonyl (C=O) groups is 2. The minimum absolute atomic E-state index is 0.0756. The zero-order chi connectivity index (χ0) is 21.6. The Morgan fingerprint density at radius 3 is 2.68 bits per heavy atom. The molecule has 8 heteroatoms. The first-order chi connectivity index (χ1) is 15.2. The number of amides is 2. The Morgan fingerprint density at radius 1 is 1.10 bits per heavy atom. The maximum Gasteiger partial charge on any atom is 0.257 e. The lowest BCUT2D eigenvalue weighted by atomic mass is 10.1. The summed E-state index contributed by atoms with van der Waals surface area (Å²) in [6.45, 7) is 0.634. The van der Waals surface area contributed by atoms with E-state index in [1.165, 1.54) is 17.3 Å². The molecule has 6 nitrogen and oxygen atoms in total. The second kappa shape index (κ2) is 10.1. The minimum Gasteiger partial charge on any atom is -0.354 e. The molecule has 0 saturated carbocycles. The van der Waals surface area contributed by atoms with Gasteiger partial charge >= 0.3 is 0 Å². The Morgan fingerprint density at radius 2 is 1.87 bits per heavy atom. The molecule has 0 atom stereocenters. The van der Waals surface area contributed by atoms with Crippen LogP contribution in [0.2, 0.25) is 0 Å². The number of fused-ring (bicyclic) bond motifs is 1. The van der Waals surface area contributed by atoms with Gasteiger partial charge in [-0.25, -0.2) is 4.68 Å². The number of nitrogens with one attached hydrogen (secondary N) is 2. The highest BCUT2D eigenvalue weighted by molar-refractivity contribution is 7.98. The van der Waals surface area contributed by atoms with Crippen molar-refractivity contribution in [3.63, 3.8) is 0 Å². The van der Waals surface area contributed by atoms with Crippen molar-refractivity contribution in [1.82, 2.24) is 15.1 Å². The van der Waals surface area contributed by atoms with Gasteiger partial charge in [0.2, 0.25) is 5.91 Å². The van der Waals surface area contributed by atoms with Crippen LogP contribution in [-0.2, 0) is 29.3 Å². The Labute approximate surface area is 190 Å². The zero-order valence-electron chi connectivity index (χ0n) is 17.3. The summed E-state index contributed by atoms with van der Waals surface area (Å²) in [5.41, 5.74) is 3.75. The van der Waals surface area contributed by atoms with Crippen molar-refractivity contribution in [1.29, 1.82) is 0 Å². The van der Waals surface area contributed by atoms with Crippen LogP contribution >= 0.6 is 23.5 Å². The number of hydrogen-bond donors (Lipinski definition) is 2. The van der Waals surface area contributed by atoms with Gasteiger partial charge in [0.1, 0.15) is 12.4 Å². The largest absolute Gasteiger partial charge is 0.354 e. The lowest BCUT2D eigenvalue weighted by Gasteiger charge is -2.13. The predicted molar refractivity (Wildman–Crippen MR) is 127 cm³/mol. The third-order valence-corrected chi connectivity index (χ3v) is 6.84. The number of hydrogen-bond acceptors (Lipinski definition) is 5. The first-order valence-electron chi connectivity index (χ1n) is 10.1. The SMILES string of the molecule is CSc1ccccc1C(=O)Nc1c2c(nn1CC(=O)NCCc1ccccc1)CSC2. The van der Waals surface area contributed by atoms with E-state index in [1.807, 2.05) is 60.9 Å². The van der Waals surface area contributed by atoms with Gasteiger partial charge in [0.25, 0.3) is 5.91 Å². The van der Waals surface area contributed by atoms with Crippen molar-refractivity contribution in [3.8, 4) is 0 Å². The Bertz CT molecular complexity index is 1080. The lowest BCUT2D eigenvalue weighted by Crippen LogP contribution is -2.30. The number of nitrogens with zero attached hydrogens (tertiary/aromatic N) is 2. The standard InChI is InChI=1S/C23H24N4O2S2/c1-30-20-10-6-5-9-17(20)23(29)25-22-18-14-31-15-19(18)26-27(22)13-21(28)24-12-11-16-7-3-2-4-8-16/h2-10H,11-15H2,1H3,(H,24,28)(H,25,29). The van der Waals surface area contributed by atoms with Gasteiger partial charge in [0, 0.05) is 28.5 Å². The first-order valence-corrected chi connectivity index (χ1v) is 12.4. The highest BCUT2D eigenvalue weighted by Gasteiger charge is 2.25. The van der Waals surface area contributed by atoms with Crippen LogP contribution in [0.5, 0.6) is 0 Å². The molecule has 2 amide bonds. The molecule has 0 bridgehead atoms. The topological polar surface area (TPSA) is 76.0 Å². The Balaban J connectivity index is 1.45. The predicted octanol–water partition coefficient (Wildman–Crippen LogP) is 3.96. The molecule has 0 fully saturated rings. The molecule has 160 valence electrons. The molecule has 0 aliphatic carbocycles. The molecule has 0 unspecified atom stereocenters. The summed E-state index contributed by atoms with van der Waals surface area (Å²) in [5.74, 6) is 1.90. The number of aromatic nitrogens is 2. The second-order valence-corrected chi connectivity index (χ2v) is 9.00. The molecule has 2 heterocycles. The summed E-state index contributed by atoms with van der Waals surface area (Å²) in [7, 11) is 0. The summed E-state index contributed by atoms with van der Waals surface area (Å²) < 4.78 is 1.63. The van der Waals surface area contributed by atoms with E-state index in [9.17, 15) is 9.59 Å². The third kappa shape index (κ3) is 5.14. The highest BCUT2D eigenvalue weighted by Crippen LogP contribution is 2.35. The smallest absolute Gasteiger partial charge is 0.257 e. The van der Waals surface area contributed by atoms with Crippen LogP contribution in [-0.4, -0.2) is 34.4 Å². The van der Waals surface area contributed by atoms with E-state index >= 15 is 0 Å². The summed E-state index contributed by atoms with van der Waals surface area (Å²) in [4.78, 5) is 26.4. The van der Waals surface area contributed by atoms with E-state index in [-0.39, 0.29) is 18.4 Å². The third-order valence-electron chi connectivity index (χ3n) is 5.07. The van der Waals surface area contributed by atoms with Crippen LogP contribution in [0.1, 0.15) is 27.2 Å². The van der Waals surface area contributed by atoms with Gasteiger partial charge in [-0.3, -0.25) is 9.59 Å². The molecule has 0 spiro atoms. The van der Waals surface area contributed by atoms with Crippen molar-refractivity contribution < 1.29 is 9.59 Å². The normalized spacial score (nSPS) is 12.4. The van der Waals surface area contributed by atoms with Crippen LogP contribution in [0.25, 0.3) is 0 Å². The first kappa shape index (κ1) is 21.5. The monoisotopic (exact) mass is 452 g/mol. The molecule has 2 N–H and O–H groups in total. The average molecular weight is 453 g/mol. The number of thioether (sulfide) groups is 2. The Hall–Kier alpha value is -2.71. The van der Waals surface area contributed by atoms with E-state index in [0.717, 1.165) is 34.1 Å². The molecular weight excluding hydrogens is 428 g/mol. The molecule has 2 aromatic carbocycles. The fraction of sp³-hybridized carbons (Fsp3) is 0.261. The van der Waals surface area contributed by atoms with E-state index in [1.54, 1.807) is 16.4 Å². The molecule has 31 heavy (non-hydrogen) atoms. The summed E-state index contributed by atoms with van der Waals surface area (Å²) in [6.07, 6.45) is 2.72. The molecule has 3 aromatic rings. The molecular formula is C23H24N4O2S2. The maximum absolute atomic E-state index is 13.0. The highest BCUT2D eigenvalue weighted by atomic mass is 32.2. The van der Waals surface area contributed by atoms with Crippen molar-refractivity contribution in [3.05, 3.63) is 77.0 Å². The van der Waals surface area contributed by atoms with Gasteiger partial charge in [-0.2, -0.15) is 16.9 Å². The summed E-state index contributed by atoms with van der Waals surface area (Å²) >= 11 is 3.29. The number of benzene rings is 2. The zero-order valence-corrected chi connectivity index (χ0v) is 18.9. The van der Waals surface area contributed by atoms with Crippen molar-refractivity contribution in [2.24, 2.45) is 0 Å². The van der Waals surface area contributed by atoms with Gasteiger partial charge in [-0.05, 0) is 30.4 Å². The van der Waals surface area contributed by atoms with Crippen molar-refractivity contribution >= 4 is 41.2 Å². The second-order valence-electron chi connectivity index (χ2n) is 7.16. The van der Waals surface area contributed by atoms with Crippen LogP contribution in [0.3, 0.4) is 0 Å². The van der Waals surface area contributed by atoms with Crippen LogP contribution in [0.4, 0.5) is 5.82 Å². The summed E-state index contributed by atoms with van der Waals surface area (Å²) in [5, 5.41) is 10.6. The minimum atomic E-state index is -0.185. The molecule has 0 saturated heterocycles. The van der Waals surface area contributed by atoms with E-state index in [4.69, 9.17) is 0 Å². The maximum atomic E-state index is 13.0. The average Bonchev–Trinajstić information content (AvgIpc) is 3.37. The van der Waals surface area contributed by atoms with Gasteiger partial charge in [-0.15, -0.1) is 11.8 Å². The number of carbonyl (C=O) groups excluding carboxylic acids is 2. The number of rotatable bonds is 8.